The molecule has 6 aromatic rings. The van der Waals surface area contributed by atoms with Gasteiger partial charge in [0, 0.05) is 33.2 Å². The SMILES string of the molecule is Cc1ccc(C2=CC(c3ccccc3)=NC2=C(c2ccccc2)c2c3ccccc3c(-c3ccc(C)cc3)n2B(F)F)cc1. The zero-order chi connectivity index (χ0) is 30.2. The van der Waals surface area contributed by atoms with Crippen LogP contribution in [0, 0.1) is 13.8 Å². The van der Waals surface area contributed by atoms with Crippen LogP contribution in [0.4, 0.5) is 8.63 Å². The lowest BCUT2D eigenvalue weighted by Crippen LogP contribution is -2.18. The van der Waals surface area contributed by atoms with Crippen LogP contribution in [0.1, 0.15) is 33.5 Å². The van der Waals surface area contributed by atoms with Gasteiger partial charge >= 0.3 is 7.40 Å². The van der Waals surface area contributed by atoms with E-state index in [0.29, 0.717) is 22.7 Å². The Morgan fingerprint density at radius 1 is 0.591 bits per heavy atom. The first-order valence-corrected chi connectivity index (χ1v) is 14.7. The van der Waals surface area contributed by atoms with Gasteiger partial charge in [0.15, 0.2) is 0 Å². The fraction of sp³-hybridized carbons (Fsp3) is 0.0513. The van der Waals surface area contributed by atoms with Gasteiger partial charge in [0.1, 0.15) is 0 Å². The molecule has 0 fully saturated rings. The van der Waals surface area contributed by atoms with E-state index in [1.165, 1.54) is 4.48 Å². The number of hydrogen-bond donors (Lipinski definition) is 0. The topological polar surface area (TPSA) is 17.3 Å². The Morgan fingerprint density at radius 3 is 1.75 bits per heavy atom. The van der Waals surface area contributed by atoms with Crippen molar-refractivity contribution in [2.75, 3.05) is 0 Å². The molecule has 7 rings (SSSR count). The summed E-state index contributed by atoms with van der Waals surface area (Å²) < 4.78 is 32.3. The molecule has 2 heterocycles. The standard InChI is InChI=1S/C39H29BF2N2/c1-26-17-21-28(22-18-26)34-25-35(29-11-5-3-6-12-29)43-37(34)36(30-13-7-4-8-14-30)39-33-16-10-9-15-32(33)38(44(39)40(41)42)31-23-19-27(2)20-24-31/h3-25H,1-2H3. The van der Waals surface area contributed by atoms with Gasteiger partial charge in [-0.05, 0) is 36.6 Å². The van der Waals surface area contributed by atoms with E-state index in [1.807, 2.05) is 116 Å². The van der Waals surface area contributed by atoms with E-state index in [1.54, 1.807) is 0 Å². The minimum absolute atomic E-state index is 0.448. The van der Waals surface area contributed by atoms with Crippen molar-refractivity contribution >= 4 is 35.0 Å². The molecule has 0 saturated carbocycles. The highest BCUT2D eigenvalue weighted by Crippen LogP contribution is 2.45. The maximum atomic E-state index is 15.6. The molecule has 1 aliphatic rings. The Balaban J connectivity index is 1.62. The number of aromatic nitrogens is 1. The van der Waals surface area contributed by atoms with Gasteiger partial charge in [-0.25, -0.2) is 4.99 Å². The van der Waals surface area contributed by atoms with Crippen molar-refractivity contribution in [2.24, 2.45) is 4.99 Å². The van der Waals surface area contributed by atoms with Gasteiger partial charge in [0.25, 0.3) is 0 Å². The smallest absolute Gasteiger partial charge is 0.324 e. The summed E-state index contributed by atoms with van der Waals surface area (Å²) in [6.45, 7) is 4.05. The van der Waals surface area contributed by atoms with Crippen LogP contribution >= 0.6 is 0 Å². The Morgan fingerprint density at radius 2 is 1.14 bits per heavy atom. The van der Waals surface area contributed by atoms with Crippen LogP contribution < -0.4 is 0 Å². The number of rotatable bonds is 6. The second-order valence-corrected chi connectivity index (χ2v) is 11.1. The van der Waals surface area contributed by atoms with Gasteiger partial charge in [-0.1, -0.05) is 145 Å². The predicted molar refractivity (Wildman–Crippen MR) is 180 cm³/mol. The molecule has 0 atom stereocenters. The molecule has 5 aromatic carbocycles. The maximum Gasteiger partial charge on any atom is 0.678 e. The Kier molecular flexibility index (Phi) is 7.15. The van der Waals surface area contributed by atoms with E-state index >= 15 is 8.63 Å². The fourth-order valence-corrected chi connectivity index (χ4v) is 6.03. The molecule has 1 aromatic heterocycles. The molecule has 0 saturated heterocycles. The third-order valence-corrected chi connectivity index (χ3v) is 8.18. The summed E-state index contributed by atoms with van der Waals surface area (Å²) in [6.07, 6.45) is 2.08. The van der Waals surface area contributed by atoms with Crippen molar-refractivity contribution < 1.29 is 8.63 Å². The van der Waals surface area contributed by atoms with Crippen LogP contribution in [-0.4, -0.2) is 17.6 Å². The minimum Gasteiger partial charge on any atom is -0.324 e. The van der Waals surface area contributed by atoms with Crippen molar-refractivity contribution in [1.82, 2.24) is 4.48 Å². The van der Waals surface area contributed by atoms with Gasteiger partial charge in [0.05, 0.1) is 17.1 Å². The largest absolute Gasteiger partial charge is 0.678 e. The molecule has 0 amide bonds. The van der Waals surface area contributed by atoms with Gasteiger partial charge in [0.2, 0.25) is 0 Å². The number of nitrogens with zero attached hydrogens (tertiary/aromatic N) is 2. The highest BCUT2D eigenvalue weighted by Gasteiger charge is 2.33. The zero-order valence-electron chi connectivity index (χ0n) is 24.5. The lowest BCUT2D eigenvalue weighted by molar-refractivity contribution is 0.630. The van der Waals surface area contributed by atoms with Crippen molar-refractivity contribution in [3.63, 3.8) is 0 Å². The van der Waals surface area contributed by atoms with Gasteiger partial charge < -0.3 is 4.48 Å². The second-order valence-electron chi connectivity index (χ2n) is 11.1. The average Bonchev–Trinajstić information content (AvgIpc) is 3.64. The van der Waals surface area contributed by atoms with Gasteiger partial charge in [-0.15, -0.1) is 0 Å². The van der Waals surface area contributed by atoms with E-state index in [2.05, 4.69) is 37.3 Å². The van der Waals surface area contributed by atoms with E-state index < -0.39 is 7.40 Å². The van der Waals surface area contributed by atoms with Crippen molar-refractivity contribution in [2.45, 2.75) is 13.8 Å². The molecule has 0 aliphatic carbocycles. The van der Waals surface area contributed by atoms with Crippen LogP contribution in [-0.2, 0) is 0 Å². The van der Waals surface area contributed by atoms with E-state index in [0.717, 1.165) is 55.4 Å². The monoisotopic (exact) mass is 574 g/mol. The maximum absolute atomic E-state index is 15.6. The molecule has 1 aliphatic heterocycles. The molecule has 0 radical (unpaired) electrons. The molecule has 2 nitrogen and oxygen atoms in total. The second kappa shape index (κ2) is 11.4. The number of fused-ring (bicyclic) bond motifs is 1. The van der Waals surface area contributed by atoms with Crippen LogP contribution in [0.5, 0.6) is 0 Å². The van der Waals surface area contributed by atoms with Crippen molar-refractivity contribution in [3.8, 4) is 11.3 Å². The number of hydrogen-bond acceptors (Lipinski definition) is 1. The molecular weight excluding hydrogens is 545 g/mol. The van der Waals surface area contributed by atoms with Gasteiger partial charge in [-0.3, -0.25) is 8.63 Å². The fourth-order valence-electron chi connectivity index (χ4n) is 6.03. The summed E-state index contributed by atoms with van der Waals surface area (Å²) in [6, 6.07) is 43.6. The molecule has 212 valence electrons. The van der Waals surface area contributed by atoms with Crippen LogP contribution in [0.2, 0.25) is 0 Å². The first-order chi connectivity index (χ1) is 21.5. The zero-order valence-corrected chi connectivity index (χ0v) is 24.5. The lowest BCUT2D eigenvalue weighted by atomic mass is 9.91. The van der Waals surface area contributed by atoms with E-state index in [-0.39, 0.29) is 0 Å². The lowest BCUT2D eigenvalue weighted by Gasteiger charge is -2.18. The highest BCUT2D eigenvalue weighted by molar-refractivity contribution is 6.43. The number of benzene rings is 5. The summed E-state index contributed by atoms with van der Waals surface area (Å²) in [4.78, 5) is 5.24. The Labute approximate surface area is 256 Å². The van der Waals surface area contributed by atoms with E-state index in [4.69, 9.17) is 4.99 Å². The third kappa shape index (κ3) is 4.90. The summed E-state index contributed by atoms with van der Waals surface area (Å²) in [5, 5.41) is 1.52. The number of aliphatic imine (C=N–C) groups is 1. The first-order valence-electron chi connectivity index (χ1n) is 14.7. The molecule has 0 N–H and O–H groups in total. The number of aryl methyl sites for hydroxylation is 2. The van der Waals surface area contributed by atoms with Crippen molar-refractivity contribution in [1.29, 1.82) is 0 Å². The average molecular weight is 574 g/mol. The highest BCUT2D eigenvalue weighted by atomic mass is 19.2. The summed E-state index contributed by atoms with van der Waals surface area (Å²) in [7, 11) is -2.79. The summed E-state index contributed by atoms with van der Waals surface area (Å²) in [5.41, 5.74) is 9.68. The quantitative estimate of drug-likeness (QED) is 0.176. The van der Waals surface area contributed by atoms with E-state index in [9.17, 15) is 0 Å². The molecule has 0 spiro atoms. The molecular formula is C39H29BF2N2. The molecule has 0 bridgehead atoms. The summed E-state index contributed by atoms with van der Waals surface area (Å²) in [5.74, 6) is 0. The van der Waals surface area contributed by atoms with Crippen LogP contribution in [0.25, 0.3) is 33.2 Å². The number of halogens is 2. The van der Waals surface area contributed by atoms with Crippen molar-refractivity contribution in [3.05, 3.63) is 179 Å². The Hall–Kier alpha value is -5.29. The minimum atomic E-state index is -2.79. The normalized spacial score (nSPS) is 14.0. The molecule has 0 unspecified atom stereocenters. The third-order valence-electron chi connectivity index (χ3n) is 8.18. The Bertz CT molecular complexity index is 2070. The predicted octanol–water partition coefficient (Wildman–Crippen LogP) is 10.0. The van der Waals surface area contributed by atoms with Gasteiger partial charge in [-0.2, -0.15) is 0 Å². The van der Waals surface area contributed by atoms with Crippen LogP contribution in [0.3, 0.4) is 0 Å². The molecule has 5 heteroatoms. The van der Waals surface area contributed by atoms with Crippen LogP contribution in [0.15, 0.2) is 150 Å². The molecule has 44 heavy (non-hydrogen) atoms. The summed E-state index contributed by atoms with van der Waals surface area (Å²) >= 11 is 0. The first kappa shape index (κ1) is 27.5. The number of allylic oxidation sites excluding steroid dienone is 2.